The maximum atomic E-state index is 13.3. The number of hydrogen-bond acceptors (Lipinski definition) is 4. The third-order valence-corrected chi connectivity index (χ3v) is 8.96. The van der Waals surface area contributed by atoms with E-state index in [1.165, 1.54) is 16.7 Å². The molecule has 2 bridgehead atoms. The minimum Gasteiger partial charge on any atom is -0.493 e. The molecule has 2 aliphatic carbocycles. The summed E-state index contributed by atoms with van der Waals surface area (Å²) >= 11 is 0. The van der Waals surface area contributed by atoms with Gasteiger partial charge in [0, 0.05) is 30.1 Å². The van der Waals surface area contributed by atoms with Gasteiger partial charge in [0.2, 0.25) is 0 Å². The maximum absolute atomic E-state index is 13.3. The van der Waals surface area contributed by atoms with Crippen LogP contribution in [0.1, 0.15) is 64.8 Å². The van der Waals surface area contributed by atoms with Gasteiger partial charge in [-0.3, -0.25) is 4.79 Å². The van der Waals surface area contributed by atoms with E-state index in [2.05, 4.69) is 36.0 Å². The second-order valence-corrected chi connectivity index (χ2v) is 9.98. The van der Waals surface area contributed by atoms with Crippen molar-refractivity contribution in [1.29, 1.82) is 0 Å². The summed E-state index contributed by atoms with van der Waals surface area (Å²) in [5.74, 6) is 2.33. The summed E-state index contributed by atoms with van der Waals surface area (Å²) in [4.78, 5) is 21.4. The first-order chi connectivity index (χ1) is 15.5. The molecule has 1 amide bonds. The monoisotopic (exact) mass is 435 g/mol. The third kappa shape index (κ3) is 2.26. The normalized spacial score (nSPS) is 29.2. The highest BCUT2D eigenvalue weighted by molar-refractivity contribution is 5.94. The van der Waals surface area contributed by atoms with E-state index in [1.807, 2.05) is 18.7 Å². The van der Waals surface area contributed by atoms with Crippen LogP contribution >= 0.6 is 0 Å². The Kier molecular flexibility index (Phi) is 4.26. The fourth-order valence-corrected chi connectivity index (χ4v) is 7.32. The Labute approximate surface area is 189 Å². The van der Waals surface area contributed by atoms with Crippen molar-refractivity contribution in [2.45, 2.75) is 57.6 Å². The number of methoxy groups -OCH3 is 1. The number of carbonyl (C=O) groups is 1. The Morgan fingerprint density at radius 2 is 2.09 bits per heavy atom. The first-order valence-corrected chi connectivity index (χ1v) is 12.0. The van der Waals surface area contributed by atoms with Crippen LogP contribution < -0.4 is 9.47 Å². The number of rotatable bonds is 4. The molecule has 1 fully saturated rings. The number of amides is 1. The molecule has 6 rings (SSSR count). The molecule has 32 heavy (non-hydrogen) atoms. The van der Waals surface area contributed by atoms with Crippen LogP contribution in [0.2, 0.25) is 0 Å². The molecule has 4 aliphatic rings. The van der Waals surface area contributed by atoms with E-state index in [4.69, 9.17) is 9.47 Å². The van der Waals surface area contributed by atoms with E-state index < -0.39 is 0 Å². The predicted molar refractivity (Wildman–Crippen MR) is 123 cm³/mol. The number of ether oxygens (including phenoxy) is 2. The lowest BCUT2D eigenvalue weighted by molar-refractivity contribution is -0.0256. The number of benzene rings is 1. The van der Waals surface area contributed by atoms with Crippen LogP contribution in [0, 0.1) is 12.8 Å². The Hall–Kier alpha value is -2.47. The van der Waals surface area contributed by atoms with Crippen LogP contribution in [0.15, 0.2) is 12.1 Å². The maximum Gasteiger partial charge on any atom is 0.270 e. The van der Waals surface area contributed by atoms with Crippen LogP contribution in [0.5, 0.6) is 11.5 Å². The van der Waals surface area contributed by atoms with Crippen LogP contribution in [0.3, 0.4) is 0 Å². The SMILES string of the molecule is CCN(CC)C(=O)c1[nH]c2c(c1C)C[C@H]1[C@H]3Cc4ccc(OC)c5c4[C@@]1(CCN3C)[C@H]2O5. The van der Waals surface area contributed by atoms with Crippen molar-refractivity contribution in [3.8, 4) is 11.5 Å². The van der Waals surface area contributed by atoms with Gasteiger partial charge in [-0.2, -0.15) is 0 Å². The van der Waals surface area contributed by atoms with Gasteiger partial charge in [0.1, 0.15) is 11.8 Å². The molecule has 1 aromatic carbocycles. The Morgan fingerprint density at radius 3 is 2.81 bits per heavy atom. The van der Waals surface area contributed by atoms with Gasteiger partial charge in [0.15, 0.2) is 11.5 Å². The predicted octanol–water partition coefficient (Wildman–Crippen LogP) is 3.62. The molecule has 1 N–H and O–H groups in total. The first kappa shape index (κ1) is 20.2. The van der Waals surface area contributed by atoms with Crippen LogP contribution in [-0.2, 0) is 18.3 Å². The zero-order valence-electron chi connectivity index (χ0n) is 19.7. The van der Waals surface area contributed by atoms with E-state index in [9.17, 15) is 4.79 Å². The number of nitrogens with one attached hydrogen (secondary N) is 1. The summed E-state index contributed by atoms with van der Waals surface area (Å²) < 4.78 is 12.6. The van der Waals surface area contributed by atoms with Crippen LogP contribution in [0.25, 0.3) is 0 Å². The summed E-state index contributed by atoms with van der Waals surface area (Å²) in [6, 6.07) is 4.80. The average molecular weight is 436 g/mol. The number of likely N-dealkylation sites (N-methyl/N-ethyl adjacent to an activating group) is 1. The summed E-state index contributed by atoms with van der Waals surface area (Å²) in [5.41, 5.74) is 6.99. The number of hydrogen-bond donors (Lipinski definition) is 1. The van der Waals surface area contributed by atoms with Crippen molar-refractivity contribution < 1.29 is 14.3 Å². The van der Waals surface area contributed by atoms with Crippen molar-refractivity contribution in [2.24, 2.45) is 5.92 Å². The Bertz CT molecular complexity index is 1120. The zero-order chi connectivity index (χ0) is 22.4. The highest BCUT2D eigenvalue weighted by Crippen LogP contribution is 2.67. The van der Waals surface area contributed by atoms with Gasteiger partial charge >= 0.3 is 0 Å². The molecule has 0 unspecified atom stereocenters. The minimum absolute atomic E-state index is 0.0472. The van der Waals surface area contributed by atoms with Crippen molar-refractivity contribution in [2.75, 3.05) is 33.8 Å². The van der Waals surface area contributed by atoms with Crippen LogP contribution in [-0.4, -0.2) is 60.5 Å². The van der Waals surface area contributed by atoms with Gasteiger partial charge in [-0.1, -0.05) is 6.07 Å². The van der Waals surface area contributed by atoms with E-state index in [1.54, 1.807) is 7.11 Å². The van der Waals surface area contributed by atoms with Crippen molar-refractivity contribution in [1.82, 2.24) is 14.8 Å². The van der Waals surface area contributed by atoms with E-state index >= 15 is 0 Å². The summed E-state index contributed by atoms with van der Waals surface area (Å²) in [7, 11) is 4.00. The van der Waals surface area contributed by atoms with Crippen LogP contribution in [0.4, 0.5) is 0 Å². The quantitative estimate of drug-likeness (QED) is 0.797. The number of H-pyrrole nitrogens is 1. The van der Waals surface area contributed by atoms with E-state index in [0.717, 1.165) is 54.3 Å². The molecule has 2 aliphatic heterocycles. The lowest BCUT2D eigenvalue weighted by Crippen LogP contribution is -2.62. The van der Waals surface area contributed by atoms with Crippen molar-refractivity contribution >= 4 is 5.91 Å². The largest absolute Gasteiger partial charge is 0.493 e. The first-order valence-electron chi connectivity index (χ1n) is 12.0. The van der Waals surface area contributed by atoms with E-state index in [0.29, 0.717) is 25.0 Å². The number of likely N-dealkylation sites (tertiary alicyclic amines) is 1. The summed E-state index contributed by atoms with van der Waals surface area (Å²) in [6.07, 6.45) is 3.03. The standard InChI is InChI=1S/C26H33N3O3/c1-6-29(7-2)25(30)21-14(3)16-13-17-18-12-15-8-9-19(31-5)23-20(15)26(17,10-11-28(18)4)24(32-23)22(16)27-21/h8-9,17-18,24,27H,6-7,10-13H2,1-5H3/t17-,18+,24-,26-/m0/s1. The van der Waals surface area contributed by atoms with E-state index in [-0.39, 0.29) is 17.4 Å². The van der Waals surface area contributed by atoms with Gasteiger partial charge in [0.25, 0.3) is 5.91 Å². The highest BCUT2D eigenvalue weighted by Gasteiger charge is 2.65. The third-order valence-electron chi connectivity index (χ3n) is 8.96. The lowest BCUT2D eigenvalue weighted by Gasteiger charge is -2.57. The molecule has 6 heteroatoms. The van der Waals surface area contributed by atoms with Gasteiger partial charge in [-0.05, 0) is 82.3 Å². The molecule has 1 spiro atoms. The number of fused-ring (bicyclic) bond motifs is 2. The molecule has 2 aromatic rings. The summed E-state index contributed by atoms with van der Waals surface area (Å²) in [5, 5.41) is 0. The van der Waals surface area contributed by atoms with Crippen molar-refractivity contribution in [3.63, 3.8) is 0 Å². The number of aromatic nitrogens is 1. The van der Waals surface area contributed by atoms with Gasteiger partial charge < -0.3 is 24.3 Å². The number of nitrogens with zero attached hydrogens (tertiary/aromatic N) is 2. The average Bonchev–Trinajstić information content (AvgIpc) is 3.31. The fraction of sp³-hybridized carbons (Fsp3) is 0.577. The Morgan fingerprint density at radius 1 is 1.31 bits per heavy atom. The zero-order valence-corrected chi connectivity index (χ0v) is 19.7. The smallest absolute Gasteiger partial charge is 0.270 e. The lowest BCUT2D eigenvalue weighted by atomic mass is 9.51. The molecular weight excluding hydrogens is 402 g/mol. The minimum atomic E-state index is -0.0882. The fourth-order valence-electron chi connectivity index (χ4n) is 7.32. The second-order valence-electron chi connectivity index (χ2n) is 9.98. The second kappa shape index (κ2) is 6.77. The molecule has 4 atom stereocenters. The van der Waals surface area contributed by atoms with Crippen molar-refractivity contribution in [3.05, 3.63) is 45.8 Å². The highest BCUT2D eigenvalue weighted by atomic mass is 16.5. The van der Waals surface area contributed by atoms with Gasteiger partial charge in [-0.15, -0.1) is 0 Å². The van der Waals surface area contributed by atoms with Gasteiger partial charge in [-0.25, -0.2) is 0 Å². The topological polar surface area (TPSA) is 57.8 Å². The molecule has 1 saturated heterocycles. The molecule has 0 saturated carbocycles. The number of carbonyl (C=O) groups excluding carboxylic acids is 1. The molecule has 1 aromatic heterocycles. The molecule has 0 radical (unpaired) electrons. The Balaban J connectivity index is 1.56. The summed E-state index contributed by atoms with van der Waals surface area (Å²) in [6.45, 7) is 8.68. The molecular formula is C26H33N3O3. The van der Waals surface area contributed by atoms with Gasteiger partial charge in [0.05, 0.1) is 12.8 Å². The molecule has 170 valence electrons. The number of aromatic amines is 1. The number of piperidine rings is 1. The molecule has 3 heterocycles. The molecule has 6 nitrogen and oxygen atoms in total.